The second-order valence-electron chi connectivity index (χ2n) is 7.74. The van der Waals surface area contributed by atoms with E-state index >= 15 is 0 Å². The summed E-state index contributed by atoms with van der Waals surface area (Å²) in [7, 11) is 3.94. The normalized spacial score (nSPS) is 10.7. The second-order valence-corrected chi connectivity index (χ2v) is 7.74. The zero-order valence-electron chi connectivity index (χ0n) is 18.1. The molecule has 2 N–H and O–H groups in total. The third-order valence-electron chi connectivity index (χ3n) is 5.64. The summed E-state index contributed by atoms with van der Waals surface area (Å²) in [5, 5.41) is 6.62. The Kier molecular flexibility index (Phi) is 5.58. The van der Waals surface area contributed by atoms with E-state index in [9.17, 15) is 0 Å². The summed E-state index contributed by atoms with van der Waals surface area (Å²) in [6, 6.07) is 30.6. The molecule has 0 radical (unpaired) electrons. The van der Waals surface area contributed by atoms with Gasteiger partial charge < -0.3 is 10.6 Å². The lowest BCUT2D eigenvalue weighted by molar-refractivity contribution is 1.42. The average Bonchev–Trinajstić information content (AvgIpc) is 2.78. The van der Waals surface area contributed by atoms with E-state index in [1.165, 1.54) is 44.5 Å². The molecule has 0 aliphatic rings. The summed E-state index contributed by atoms with van der Waals surface area (Å²) in [6.07, 6.45) is 0. The van der Waals surface area contributed by atoms with Crippen LogP contribution in [0.4, 0.5) is 11.4 Å². The first kappa shape index (κ1) is 19.8. The lowest BCUT2D eigenvalue weighted by Gasteiger charge is -2.15. The molecule has 4 rings (SSSR count). The summed E-state index contributed by atoms with van der Waals surface area (Å²) >= 11 is 0. The van der Waals surface area contributed by atoms with Crippen molar-refractivity contribution in [3.8, 4) is 33.4 Å². The highest BCUT2D eigenvalue weighted by molar-refractivity contribution is 5.85. The van der Waals surface area contributed by atoms with Crippen molar-refractivity contribution >= 4 is 11.4 Å². The molecule has 0 aliphatic heterocycles. The van der Waals surface area contributed by atoms with Gasteiger partial charge in [-0.25, -0.2) is 0 Å². The molecule has 150 valence electrons. The molecule has 0 atom stereocenters. The van der Waals surface area contributed by atoms with E-state index in [1.807, 2.05) is 14.1 Å². The van der Waals surface area contributed by atoms with E-state index in [0.29, 0.717) is 0 Å². The standard InChI is InChI=1S/C28H28N2/c1-19-7-5-8-21(15-19)23-11-13-26(20(2)16-23)27-14-12-24(18-28(27)30-4)22-9-6-10-25(17-22)29-3/h5-18,29-30H,1-4H3. The second kappa shape index (κ2) is 8.46. The zero-order chi connectivity index (χ0) is 21.1. The van der Waals surface area contributed by atoms with Crippen LogP contribution in [0, 0.1) is 13.8 Å². The van der Waals surface area contributed by atoms with Crippen LogP contribution in [0.25, 0.3) is 33.4 Å². The van der Waals surface area contributed by atoms with Crippen molar-refractivity contribution in [2.24, 2.45) is 0 Å². The van der Waals surface area contributed by atoms with E-state index in [1.54, 1.807) is 0 Å². The highest BCUT2D eigenvalue weighted by Gasteiger charge is 2.11. The quantitative estimate of drug-likeness (QED) is 0.370. The van der Waals surface area contributed by atoms with E-state index < -0.39 is 0 Å². The van der Waals surface area contributed by atoms with Gasteiger partial charge in [0.2, 0.25) is 0 Å². The van der Waals surface area contributed by atoms with Crippen molar-refractivity contribution < 1.29 is 0 Å². The van der Waals surface area contributed by atoms with Crippen LogP contribution in [-0.2, 0) is 0 Å². The highest BCUT2D eigenvalue weighted by Crippen LogP contribution is 2.36. The maximum atomic E-state index is 3.40. The van der Waals surface area contributed by atoms with Crippen LogP contribution in [0.2, 0.25) is 0 Å². The fourth-order valence-corrected chi connectivity index (χ4v) is 3.99. The Hall–Kier alpha value is -3.52. The van der Waals surface area contributed by atoms with Crippen LogP contribution >= 0.6 is 0 Å². The van der Waals surface area contributed by atoms with Crippen LogP contribution in [0.1, 0.15) is 11.1 Å². The molecular formula is C28H28N2. The largest absolute Gasteiger partial charge is 0.388 e. The molecule has 0 unspecified atom stereocenters. The fourth-order valence-electron chi connectivity index (χ4n) is 3.99. The first-order chi connectivity index (χ1) is 14.6. The minimum atomic E-state index is 1.12. The van der Waals surface area contributed by atoms with Crippen molar-refractivity contribution in [3.05, 3.63) is 96.1 Å². The van der Waals surface area contributed by atoms with Crippen LogP contribution in [0.15, 0.2) is 84.9 Å². The Morgan fingerprint density at radius 3 is 1.83 bits per heavy atom. The number of rotatable bonds is 5. The molecule has 0 spiro atoms. The fraction of sp³-hybridized carbons (Fsp3) is 0.143. The van der Waals surface area contributed by atoms with Gasteiger partial charge in [-0.05, 0) is 65.4 Å². The van der Waals surface area contributed by atoms with Gasteiger partial charge in [0.25, 0.3) is 0 Å². The number of hydrogen-bond donors (Lipinski definition) is 2. The average molecular weight is 393 g/mol. The van der Waals surface area contributed by atoms with Crippen molar-refractivity contribution in [2.45, 2.75) is 13.8 Å². The van der Waals surface area contributed by atoms with Crippen molar-refractivity contribution in [3.63, 3.8) is 0 Å². The molecule has 0 aromatic heterocycles. The Bertz CT molecular complexity index is 1190. The van der Waals surface area contributed by atoms with Crippen LogP contribution in [0.5, 0.6) is 0 Å². The van der Waals surface area contributed by atoms with E-state index in [0.717, 1.165) is 11.4 Å². The molecule has 0 heterocycles. The molecule has 0 aliphatic carbocycles. The number of aryl methyl sites for hydroxylation is 2. The van der Waals surface area contributed by atoms with Gasteiger partial charge in [-0.15, -0.1) is 0 Å². The molecule has 0 saturated carbocycles. The minimum absolute atomic E-state index is 1.12. The minimum Gasteiger partial charge on any atom is -0.388 e. The molecule has 30 heavy (non-hydrogen) atoms. The van der Waals surface area contributed by atoms with Crippen molar-refractivity contribution in [2.75, 3.05) is 24.7 Å². The molecule has 0 fully saturated rings. The first-order valence-electron chi connectivity index (χ1n) is 10.4. The maximum Gasteiger partial charge on any atom is 0.0423 e. The highest BCUT2D eigenvalue weighted by atomic mass is 14.8. The molecular weight excluding hydrogens is 364 g/mol. The Morgan fingerprint density at radius 2 is 1.17 bits per heavy atom. The summed E-state index contributed by atoms with van der Waals surface area (Å²) in [5.41, 5.74) is 12.2. The molecule has 0 bridgehead atoms. The van der Waals surface area contributed by atoms with Gasteiger partial charge in [-0.3, -0.25) is 0 Å². The zero-order valence-corrected chi connectivity index (χ0v) is 18.1. The first-order valence-corrected chi connectivity index (χ1v) is 10.4. The van der Waals surface area contributed by atoms with Crippen LogP contribution in [0.3, 0.4) is 0 Å². The predicted molar refractivity (Wildman–Crippen MR) is 131 cm³/mol. The lowest BCUT2D eigenvalue weighted by Crippen LogP contribution is -1.95. The lowest BCUT2D eigenvalue weighted by atomic mass is 9.92. The molecule has 4 aromatic rings. The van der Waals surface area contributed by atoms with Gasteiger partial charge in [0, 0.05) is 31.0 Å². The number of nitrogens with one attached hydrogen (secondary N) is 2. The summed E-state index contributed by atoms with van der Waals surface area (Å²) in [5.74, 6) is 0. The van der Waals surface area contributed by atoms with Crippen LogP contribution in [-0.4, -0.2) is 14.1 Å². The maximum absolute atomic E-state index is 3.40. The van der Waals surface area contributed by atoms with Gasteiger partial charge in [0.05, 0.1) is 0 Å². The van der Waals surface area contributed by atoms with Gasteiger partial charge in [-0.2, -0.15) is 0 Å². The van der Waals surface area contributed by atoms with E-state index in [-0.39, 0.29) is 0 Å². The number of benzene rings is 4. The number of anilines is 2. The SMILES string of the molecule is CNc1cccc(-c2ccc(-c3ccc(-c4cccc(C)c4)cc3C)c(NC)c2)c1. The third-order valence-corrected chi connectivity index (χ3v) is 5.64. The Labute approximate surface area is 179 Å². The summed E-state index contributed by atoms with van der Waals surface area (Å²) in [6.45, 7) is 4.33. The van der Waals surface area contributed by atoms with E-state index in [4.69, 9.17) is 0 Å². The molecule has 2 heteroatoms. The smallest absolute Gasteiger partial charge is 0.0423 e. The summed E-state index contributed by atoms with van der Waals surface area (Å²) in [4.78, 5) is 0. The molecule has 0 amide bonds. The molecule has 4 aromatic carbocycles. The monoisotopic (exact) mass is 392 g/mol. The topological polar surface area (TPSA) is 24.1 Å². The van der Waals surface area contributed by atoms with E-state index in [2.05, 4.69) is 109 Å². The van der Waals surface area contributed by atoms with Crippen molar-refractivity contribution in [1.29, 1.82) is 0 Å². The Morgan fingerprint density at radius 1 is 0.533 bits per heavy atom. The molecule has 2 nitrogen and oxygen atoms in total. The van der Waals surface area contributed by atoms with Crippen LogP contribution < -0.4 is 10.6 Å². The van der Waals surface area contributed by atoms with Gasteiger partial charge >= 0.3 is 0 Å². The summed E-state index contributed by atoms with van der Waals surface area (Å²) < 4.78 is 0. The third kappa shape index (κ3) is 3.95. The van der Waals surface area contributed by atoms with Gasteiger partial charge in [0.15, 0.2) is 0 Å². The van der Waals surface area contributed by atoms with Gasteiger partial charge in [-0.1, -0.05) is 72.3 Å². The predicted octanol–water partition coefficient (Wildman–Crippen LogP) is 7.39. The Balaban J connectivity index is 1.73. The molecule has 0 saturated heterocycles. The number of hydrogen-bond acceptors (Lipinski definition) is 2. The van der Waals surface area contributed by atoms with Crippen molar-refractivity contribution in [1.82, 2.24) is 0 Å². The van der Waals surface area contributed by atoms with Gasteiger partial charge in [0.1, 0.15) is 0 Å².